The second-order valence-corrected chi connectivity index (χ2v) is 6.61. The summed E-state index contributed by atoms with van der Waals surface area (Å²) in [4.78, 5) is 14.6. The van der Waals surface area contributed by atoms with Crippen LogP contribution in [0, 0.1) is 5.92 Å². The van der Waals surface area contributed by atoms with Gasteiger partial charge in [0.1, 0.15) is 0 Å². The van der Waals surface area contributed by atoms with Crippen LogP contribution in [0.2, 0.25) is 0 Å². The highest BCUT2D eigenvalue weighted by atomic mass is 16.5. The van der Waals surface area contributed by atoms with E-state index < -0.39 is 0 Å². The molecule has 4 nitrogen and oxygen atoms in total. The fraction of sp³-hybridized carbons (Fsp3) is 0.611. The number of ether oxygens (including phenoxy) is 1. The molecule has 1 aromatic rings. The van der Waals surface area contributed by atoms with Gasteiger partial charge in [-0.2, -0.15) is 0 Å². The molecule has 2 aliphatic heterocycles. The monoisotopic (exact) mass is 302 g/mol. The zero-order valence-corrected chi connectivity index (χ0v) is 13.3. The van der Waals surface area contributed by atoms with Gasteiger partial charge >= 0.3 is 0 Å². The Labute approximate surface area is 132 Å². The molecule has 4 heteroatoms. The standard InChI is InChI=1S/C18H26N2O2/c1-13(19)15-6-4-9-20(12-15)18(21)11-17-16-7-3-2-5-14(16)8-10-22-17/h2-3,5,7,13,15,17H,4,6,8-12,19H2,1H3/t13-,15+,17+/m0/s1. The first-order valence-corrected chi connectivity index (χ1v) is 8.38. The molecule has 0 spiro atoms. The Morgan fingerprint density at radius 2 is 2.27 bits per heavy atom. The number of rotatable bonds is 3. The predicted octanol–water partition coefficient (Wildman–Crippen LogP) is 2.28. The van der Waals surface area contributed by atoms with Crippen LogP contribution in [0.4, 0.5) is 0 Å². The molecule has 0 radical (unpaired) electrons. The summed E-state index contributed by atoms with van der Waals surface area (Å²) in [5.41, 5.74) is 8.52. The summed E-state index contributed by atoms with van der Waals surface area (Å²) in [7, 11) is 0. The van der Waals surface area contributed by atoms with Crippen LogP contribution in [-0.2, 0) is 16.0 Å². The van der Waals surface area contributed by atoms with Crippen molar-refractivity contribution in [1.29, 1.82) is 0 Å². The maximum absolute atomic E-state index is 12.6. The second-order valence-electron chi connectivity index (χ2n) is 6.61. The lowest BCUT2D eigenvalue weighted by Gasteiger charge is -2.36. The van der Waals surface area contributed by atoms with Crippen molar-refractivity contribution >= 4 is 5.91 Å². The predicted molar refractivity (Wildman–Crippen MR) is 86.4 cm³/mol. The molecule has 3 atom stereocenters. The smallest absolute Gasteiger partial charge is 0.225 e. The number of piperidine rings is 1. The van der Waals surface area contributed by atoms with E-state index in [1.807, 2.05) is 17.9 Å². The van der Waals surface area contributed by atoms with Gasteiger partial charge in [-0.15, -0.1) is 0 Å². The summed E-state index contributed by atoms with van der Waals surface area (Å²) < 4.78 is 5.87. The summed E-state index contributed by atoms with van der Waals surface area (Å²) in [6, 6.07) is 8.47. The lowest BCUT2D eigenvalue weighted by molar-refractivity contribution is -0.136. The lowest BCUT2D eigenvalue weighted by Crippen LogP contribution is -2.45. The van der Waals surface area contributed by atoms with Gasteiger partial charge in [0.25, 0.3) is 0 Å². The number of carbonyl (C=O) groups is 1. The first-order valence-electron chi connectivity index (χ1n) is 8.38. The van der Waals surface area contributed by atoms with Gasteiger partial charge in [0, 0.05) is 19.1 Å². The number of nitrogens with zero attached hydrogens (tertiary/aromatic N) is 1. The number of carbonyl (C=O) groups excluding carboxylic acids is 1. The molecule has 1 saturated heterocycles. The van der Waals surface area contributed by atoms with Crippen LogP contribution in [0.3, 0.4) is 0 Å². The molecule has 1 fully saturated rings. The summed E-state index contributed by atoms with van der Waals surface area (Å²) in [6.07, 6.45) is 3.48. The van der Waals surface area contributed by atoms with Crippen LogP contribution in [0.5, 0.6) is 0 Å². The Morgan fingerprint density at radius 1 is 1.45 bits per heavy atom. The van der Waals surface area contributed by atoms with Crippen molar-refractivity contribution in [2.75, 3.05) is 19.7 Å². The first kappa shape index (κ1) is 15.5. The molecule has 0 aromatic heterocycles. The molecule has 3 rings (SSSR count). The van der Waals surface area contributed by atoms with Crippen LogP contribution in [0.15, 0.2) is 24.3 Å². The van der Waals surface area contributed by atoms with E-state index in [0.717, 1.165) is 32.4 Å². The van der Waals surface area contributed by atoms with Crippen molar-refractivity contribution < 1.29 is 9.53 Å². The van der Waals surface area contributed by atoms with Gasteiger partial charge < -0.3 is 15.4 Å². The molecule has 22 heavy (non-hydrogen) atoms. The van der Waals surface area contributed by atoms with E-state index in [4.69, 9.17) is 10.5 Å². The average molecular weight is 302 g/mol. The number of likely N-dealkylation sites (tertiary alicyclic amines) is 1. The largest absolute Gasteiger partial charge is 0.373 e. The third-order valence-corrected chi connectivity index (χ3v) is 5.01. The third-order valence-electron chi connectivity index (χ3n) is 5.01. The summed E-state index contributed by atoms with van der Waals surface area (Å²) in [6.45, 7) is 4.40. The molecular formula is C18H26N2O2. The fourth-order valence-corrected chi connectivity index (χ4v) is 3.60. The molecule has 1 amide bonds. The molecule has 2 N–H and O–H groups in total. The molecule has 0 bridgehead atoms. The molecular weight excluding hydrogens is 276 g/mol. The van der Waals surface area contributed by atoms with E-state index in [2.05, 4.69) is 18.2 Å². The van der Waals surface area contributed by atoms with Crippen LogP contribution >= 0.6 is 0 Å². The van der Waals surface area contributed by atoms with Gasteiger partial charge in [-0.1, -0.05) is 24.3 Å². The Morgan fingerprint density at radius 3 is 3.09 bits per heavy atom. The van der Waals surface area contributed by atoms with Gasteiger partial charge in [0.05, 0.1) is 19.1 Å². The minimum Gasteiger partial charge on any atom is -0.373 e. The van der Waals surface area contributed by atoms with E-state index in [9.17, 15) is 4.79 Å². The van der Waals surface area contributed by atoms with Crippen molar-refractivity contribution in [3.8, 4) is 0 Å². The minimum atomic E-state index is -0.0897. The van der Waals surface area contributed by atoms with Crippen LogP contribution in [-0.4, -0.2) is 36.5 Å². The molecule has 2 heterocycles. The number of hydrogen-bond acceptors (Lipinski definition) is 3. The van der Waals surface area contributed by atoms with E-state index in [0.29, 0.717) is 18.9 Å². The topological polar surface area (TPSA) is 55.6 Å². The Hall–Kier alpha value is -1.39. The Kier molecular flexibility index (Phi) is 4.79. The Balaban J connectivity index is 1.65. The second kappa shape index (κ2) is 6.80. The van der Waals surface area contributed by atoms with Crippen LogP contribution < -0.4 is 5.73 Å². The lowest BCUT2D eigenvalue weighted by atomic mass is 9.91. The molecule has 0 unspecified atom stereocenters. The summed E-state index contributed by atoms with van der Waals surface area (Å²) in [5.74, 6) is 0.629. The molecule has 0 aliphatic carbocycles. The maximum Gasteiger partial charge on any atom is 0.225 e. The minimum absolute atomic E-state index is 0.0897. The van der Waals surface area contributed by atoms with E-state index in [-0.39, 0.29) is 18.1 Å². The molecule has 0 saturated carbocycles. The molecule has 2 aliphatic rings. The maximum atomic E-state index is 12.6. The quantitative estimate of drug-likeness (QED) is 0.932. The number of nitrogens with two attached hydrogens (primary N) is 1. The van der Waals surface area contributed by atoms with Crippen molar-refractivity contribution in [3.05, 3.63) is 35.4 Å². The number of benzene rings is 1. The van der Waals surface area contributed by atoms with Crippen molar-refractivity contribution in [3.63, 3.8) is 0 Å². The van der Waals surface area contributed by atoms with E-state index in [1.165, 1.54) is 11.1 Å². The van der Waals surface area contributed by atoms with Crippen molar-refractivity contribution in [2.24, 2.45) is 11.7 Å². The van der Waals surface area contributed by atoms with Crippen LogP contribution in [0.1, 0.15) is 43.4 Å². The van der Waals surface area contributed by atoms with Gasteiger partial charge in [-0.05, 0) is 43.2 Å². The zero-order chi connectivity index (χ0) is 15.5. The highest BCUT2D eigenvalue weighted by molar-refractivity contribution is 5.77. The number of hydrogen-bond donors (Lipinski definition) is 1. The van der Waals surface area contributed by atoms with Crippen LogP contribution in [0.25, 0.3) is 0 Å². The molecule has 1 aromatic carbocycles. The fourth-order valence-electron chi connectivity index (χ4n) is 3.60. The van der Waals surface area contributed by atoms with Gasteiger partial charge in [-0.25, -0.2) is 0 Å². The average Bonchev–Trinajstić information content (AvgIpc) is 2.55. The SMILES string of the molecule is C[C@H](N)[C@@H]1CCCN(C(=O)C[C@H]2OCCc3ccccc32)C1. The van der Waals surface area contributed by atoms with Crippen molar-refractivity contribution in [2.45, 2.75) is 44.8 Å². The first-order chi connectivity index (χ1) is 10.6. The summed E-state index contributed by atoms with van der Waals surface area (Å²) >= 11 is 0. The van der Waals surface area contributed by atoms with Gasteiger partial charge in [0.15, 0.2) is 0 Å². The van der Waals surface area contributed by atoms with E-state index >= 15 is 0 Å². The van der Waals surface area contributed by atoms with E-state index in [1.54, 1.807) is 0 Å². The third kappa shape index (κ3) is 3.33. The summed E-state index contributed by atoms with van der Waals surface area (Å²) in [5, 5.41) is 0. The van der Waals surface area contributed by atoms with Crippen molar-refractivity contribution in [1.82, 2.24) is 4.90 Å². The Bertz CT molecular complexity index is 530. The number of fused-ring (bicyclic) bond motifs is 1. The zero-order valence-electron chi connectivity index (χ0n) is 13.3. The number of amides is 1. The molecule has 120 valence electrons. The van der Waals surface area contributed by atoms with Gasteiger partial charge in [0.2, 0.25) is 5.91 Å². The highest BCUT2D eigenvalue weighted by Gasteiger charge is 2.29. The van der Waals surface area contributed by atoms with Gasteiger partial charge in [-0.3, -0.25) is 4.79 Å². The normalized spacial score (nSPS) is 26.4. The highest BCUT2D eigenvalue weighted by Crippen LogP contribution is 2.30.